The van der Waals surface area contributed by atoms with Crippen LogP contribution in [0.15, 0.2) is 0 Å². The zero-order valence-corrected chi connectivity index (χ0v) is 15.0. The van der Waals surface area contributed by atoms with E-state index >= 15 is 0 Å². The van der Waals surface area contributed by atoms with Gasteiger partial charge in [0.05, 0.1) is 11.5 Å². The highest BCUT2D eigenvalue weighted by Gasteiger charge is 2.38. The van der Waals surface area contributed by atoms with Crippen molar-refractivity contribution in [2.45, 2.75) is 55.0 Å². The third kappa shape index (κ3) is 7.37. The van der Waals surface area contributed by atoms with Gasteiger partial charge in [0.2, 0.25) is 9.70 Å². The molecular weight excluding hydrogens is 359 g/mol. The zero-order chi connectivity index (χ0) is 16.1. The van der Waals surface area contributed by atoms with Crippen LogP contribution in [0.1, 0.15) is 39.0 Å². The van der Waals surface area contributed by atoms with Gasteiger partial charge in [0.15, 0.2) is 9.84 Å². The third-order valence-electron chi connectivity index (χ3n) is 3.27. The molecule has 5 nitrogen and oxygen atoms in total. The van der Waals surface area contributed by atoms with Crippen molar-refractivity contribution in [3.63, 3.8) is 0 Å². The average Bonchev–Trinajstić information content (AvgIpc) is 2.67. The van der Waals surface area contributed by atoms with E-state index in [0.717, 1.165) is 19.3 Å². The lowest BCUT2D eigenvalue weighted by atomic mass is 10.2. The molecule has 124 valence electrons. The van der Waals surface area contributed by atoms with Crippen LogP contribution in [0.4, 0.5) is 0 Å². The van der Waals surface area contributed by atoms with Gasteiger partial charge in [-0.25, -0.2) is 8.42 Å². The van der Waals surface area contributed by atoms with Crippen molar-refractivity contribution in [1.82, 2.24) is 10.6 Å². The third-order valence-corrected chi connectivity index (χ3v) is 5.70. The molecule has 0 aromatic heterocycles. The van der Waals surface area contributed by atoms with Gasteiger partial charge in [-0.05, 0) is 12.8 Å². The molecule has 1 aliphatic rings. The summed E-state index contributed by atoms with van der Waals surface area (Å²) in [5.41, 5.74) is 0. The van der Waals surface area contributed by atoms with Crippen molar-refractivity contribution in [2.75, 3.05) is 11.5 Å². The highest BCUT2D eigenvalue weighted by Crippen LogP contribution is 2.30. The molecule has 21 heavy (non-hydrogen) atoms. The molecule has 0 aliphatic carbocycles. The van der Waals surface area contributed by atoms with Crippen molar-refractivity contribution < 1.29 is 13.2 Å². The Balaban J connectivity index is 2.55. The Hall–Kier alpha value is 0.250. The van der Waals surface area contributed by atoms with E-state index in [4.69, 9.17) is 34.8 Å². The number of unbranched alkanes of at least 4 members (excludes halogenated alkanes) is 2. The van der Waals surface area contributed by atoms with E-state index in [1.54, 1.807) is 0 Å². The molecule has 0 aromatic rings. The first-order valence-electron chi connectivity index (χ1n) is 6.96. The van der Waals surface area contributed by atoms with E-state index in [1.165, 1.54) is 0 Å². The van der Waals surface area contributed by atoms with Gasteiger partial charge in [-0.15, -0.1) is 0 Å². The van der Waals surface area contributed by atoms with E-state index in [1.807, 2.05) is 6.92 Å². The lowest BCUT2D eigenvalue weighted by molar-refractivity contribution is -0.122. The molecule has 1 heterocycles. The van der Waals surface area contributed by atoms with Gasteiger partial charge in [0.25, 0.3) is 0 Å². The number of rotatable bonds is 7. The molecule has 2 N–H and O–H groups in total. The fraction of sp³-hybridized carbons (Fsp3) is 0.917. The largest absolute Gasteiger partial charge is 0.337 e. The molecule has 1 amide bonds. The van der Waals surface area contributed by atoms with Gasteiger partial charge >= 0.3 is 0 Å². The number of alkyl halides is 3. The minimum absolute atomic E-state index is 0.00402. The van der Waals surface area contributed by atoms with Gasteiger partial charge in [0, 0.05) is 12.5 Å². The fourth-order valence-corrected chi connectivity index (χ4v) is 4.19. The summed E-state index contributed by atoms with van der Waals surface area (Å²) in [6, 6.07) is -0.313. The number of nitrogens with one attached hydrogen (secondary N) is 2. The summed E-state index contributed by atoms with van der Waals surface area (Å²) in [5.74, 6) is -0.106. The first-order chi connectivity index (χ1) is 9.64. The SMILES string of the molecule is CCCCCC(=O)NC(NC1CCS(=O)(=O)C1)C(Cl)(Cl)Cl. The molecular formula is C12H21Cl3N2O3S. The number of hydrogen-bond donors (Lipinski definition) is 2. The second kappa shape index (κ2) is 8.20. The number of amides is 1. The zero-order valence-electron chi connectivity index (χ0n) is 11.9. The molecule has 1 fully saturated rings. The summed E-state index contributed by atoms with van der Waals surface area (Å²) in [4.78, 5) is 11.8. The van der Waals surface area contributed by atoms with Crippen LogP contribution in [0, 0.1) is 0 Å². The Morgan fingerprint density at radius 1 is 1.33 bits per heavy atom. The maximum atomic E-state index is 11.8. The minimum atomic E-state index is -3.04. The van der Waals surface area contributed by atoms with Crippen molar-refractivity contribution >= 4 is 50.5 Å². The monoisotopic (exact) mass is 378 g/mol. The van der Waals surface area contributed by atoms with E-state index in [2.05, 4.69) is 10.6 Å². The molecule has 2 atom stereocenters. The predicted octanol–water partition coefficient (Wildman–Crippen LogP) is 2.16. The first-order valence-corrected chi connectivity index (χ1v) is 9.92. The quantitative estimate of drug-likeness (QED) is 0.404. The van der Waals surface area contributed by atoms with Crippen LogP contribution in [-0.4, -0.2) is 41.8 Å². The average molecular weight is 380 g/mol. The van der Waals surface area contributed by atoms with Crippen LogP contribution >= 0.6 is 34.8 Å². The van der Waals surface area contributed by atoms with Crippen LogP contribution in [0.3, 0.4) is 0 Å². The number of carbonyl (C=O) groups is 1. The molecule has 1 aliphatic heterocycles. The van der Waals surface area contributed by atoms with Gasteiger partial charge in [-0.1, -0.05) is 54.6 Å². The summed E-state index contributed by atoms with van der Waals surface area (Å²) in [7, 11) is -3.04. The summed E-state index contributed by atoms with van der Waals surface area (Å²) in [6.45, 7) is 2.05. The molecule has 0 spiro atoms. The molecule has 1 saturated heterocycles. The molecule has 0 radical (unpaired) electrons. The van der Waals surface area contributed by atoms with E-state index in [9.17, 15) is 13.2 Å². The predicted molar refractivity (Wildman–Crippen MR) is 86.6 cm³/mol. The number of hydrogen-bond acceptors (Lipinski definition) is 4. The summed E-state index contributed by atoms with van der Waals surface area (Å²) in [5, 5.41) is 5.56. The van der Waals surface area contributed by atoms with E-state index in [0.29, 0.717) is 12.8 Å². The minimum Gasteiger partial charge on any atom is -0.337 e. The van der Waals surface area contributed by atoms with Crippen molar-refractivity contribution in [3.8, 4) is 0 Å². The summed E-state index contributed by atoms with van der Waals surface area (Å²) >= 11 is 17.6. The number of halogens is 3. The van der Waals surface area contributed by atoms with E-state index < -0.39 is 19.8 Å². The first kappa shape index (κ1) is 19.3. The second-order valence-corrected chi connectivity index (χ2v) is 9.86. The number of sulfone groups is 1. The number of carbonyl (C=O) groups excluding carboxylic acids is 1. The molecule has 0 aromatic carbocycles. The summed E-state index contributed by atoms with van der Waals surface area (Å²) in [6.07, 6.45) is 2.64. The van der Waals surface area contributed by atoms with Gasteiger partial charge in [0.1, 0.15) is 6.17 Å². The second-order valence-electron chi connectivity index (χ2n) is 5.27. The fourth-order valence-electron chi connectivity index (χ4n) is 2.15. The molecule has 0 saturated carbocycles. The van der Waals surface area contributed by atoms with Crippen molar-refractivity contribution in [3.05, 3.63) is 0 Å². The van der Waals surface area contributed by atoms with Crippen LogP contribution in [0.25, 0.3) is 0 Å². The highest BCUT2D eigenvalue weighted by molar-refractivity contribution is 7.91. The van der Waals surface area contributed by atoms with Crippen LogP contribution in [0.5, 0.6) is 0 Å². The lowest BCUT2D eigenvalue weighted by Gasteiger charge is -2.29. The van der Waals surface area contributed by atoms with Crippen molar-refractivity contribution in [1.29, 1.82) is 0 Å². The van der Waals surface area contributed by atoms with E-state index in [-0.39, 0.29) is 23.5 Å². The molecule has 1 rings (SSSR count). The van der Waals surface area contributed by atoms with Crippen LogP contribution < -0.4 is 10.6 Å². The topological polar surface area (TPSA) is 75.3 Å². The Morgan fingerprint density at radius 3 is 2.48 bits per heavy atom. The summed E-state index contributed by atoms with van der Waals surface area (Å²) < 4.78 is 21.1. The van der Waals surface area contributed by atoms with Gasteiger partial charge in [-0.3, -0.25) is 10.1 Å². The normalized spacial score (nSPS) is 23.0. The maximum Gasteiger partial charge on any atom is 0.223 e. The smallest absolute Gasteiger partial charge is 0.223 e. The Bertz CT molecular complexity index is 451. The van der Waals surface area contributed by atoms with Crippen LogP contribution in [0.2, 0.25) is 0 Å². The highest BCUT2D eigenvalue weighted by atomic mass is 35.6. The Morgan fingerprint density at radius 2 is 2.00 bits per heavy atom. The van der Waals surface area contributed by atoms with Crippen LogP contribution in [-0.2, 0) is 14.6 Å². The molecule has 9 heteroatoms. The Labute approximate surface area is 141 Å². The molecule has 2 unspecified atom stereocenters. The van der Waals surface area contributed by atoms with Gasteiger partial charge < -0.3 is 5.32 Å². The lowest BCUT2D eigenvalue weighted by Crippen LogP contribution is -2.56. The maximum absolute atomic E-state index is 11.8. The van der Waals surface area contributed by atoms with Gasteiger partial charge in [-0.2, -0.15) is 0 Å². The Kier molecular flexibility index (Phi) is 7.54. The molecule has 0 bridgehead atoms. The van der Waals surface area contributed by atoms with Crippen molar-refractivity contribution in [2.24, 2.45) is 0 Å². The standard InChI is InChI=1S/C12H21Cl3N2O3S/c1-2-3-4-5-10(18)17-11(12(13,14)15)16-9-6-7-21(19,20)8-9/h9,11,16H,2-8H2,1H3,(H,17,18).